The maximum atomic E-state index is 6.39. The van der Waals surface area contributed by atoms with Crippen LogP contribution in [0.5, 0.6) is 0 Å². The molecule has 4 heteroatoms. The first-order chi connectivity index (χ1) is 72.4. The van der Waals surface area contributed by atoms with Gasteiger partial charge in [-0.2, -0.15) is 0 Å². The lowest BCUT2D eigenvalue weighted by atomic mass is 9.67. The molecule has 28 rings (SSSR count). The Morgan fingerprint density at radius 3 is 0.851 bits per heavy atom. The summed E-state index contributed by atoms with van der Waals surface area (Å²) in [6.07, 6.45) is 0. The van der Waals surface area contributed by atoms with Gasteiger partial charge in [-0.3, -0.25) is 0 Å². The van der Waals surface area contributed by atoms with E-state index in [-0.39, 0.29) is 14.9 Å². The summed E-state index contributed by atoms with van der Waals surface area (Å²) in [5.74, 6) is 0. The van der Waals surface area contributed by atoms with Gasteiger partial charge in [0.2, 0.25) is 0 Å². The van der Waals surface area contributed by atoms with Crippen LogP contribution in [0.3, 0.4) is 0 Å². The topological polar surface area (TPSA) is 32.8 Å². The Hall–Kier alpha value is -19.0. The van der Waals surface area contributed by atoms with E-state index in [2.05, 4.69) is 568 Å². The van der Waals surface area contributed by atoms with Gasteiger partial charge >= 0.3 is 0 Å². The molecule has 0 amide bonds. The minimum Gasteiger partial charge on any atom is -0.456 e. The molecule has 24 aromatic carbocycles. The molecule has 0 unspecified atom stereocenters. The highest BCUT2D eigenvalue weighted by atomic mass is 16.3. The monoisotopic (exact) mass is 1890 g/mol. The Balaban J connectivity index is 0.000000152. The van der Waals surface area contributed by atoms with Crippen LogP contribution < -0.4 is 9.80 Å². The Morgan fingerprint density at radius 1 is 0.149 bits per heavy atom. The summed E-state index contributed by atoms with van der Waals surface area (Å²) in [7, 11) is 0. The number of fused-ring (bicyclic) bond motifs is 14. The Kier molecular flexibility index (Phi) is 23.2. The van der Waals surface area contributed by atoms with Gasteiger partial charge in [0.15, 0.2) is 0 Å². The fourth-order valence-electron chi connectivity index (χ4n) is 23.8. The number of rotatable bonds is 18. The summed E-state index contributed by atoms with van der Waals surface area (Å²) in [5.41, 5.74) is 43.0. The second-order valence-electron chi connectivity index (χ2n) is 38.3. The van der Waals surface area contributed by atoms with Crippen LogP contribution in [0.4, 0.5) is 34.1 Å². The number of furan rings is 2. The standard InChI is InChI=1S/2C71H47NO.2CH4/c1-3-22-54(23-4-1)71(55-24-5-2-6-25-55)65-34-11-9-29-63(65)69-61(32-16-35-66(69)71)52-20-13-26-57(46-52)72(58-27-14-21-53(47-58)62-33-17-37-68-70(62)64-30-10-12-36-67(64)73-68)56-44-42-49(43-45-56)48-38-40-51(41-39-48)60-31-15-19-50-18-7-8-28-59(50)60;1-3-21-56(22-4-1)71(57-23-5-2-6-24-57)65-31-11-9-27-63(65)69-61(29-15-32-66(69)71)54-19-13-25-59(46-54)72(60-26-14-20-55(47-60)62-30-16-34-68-70(62)64-28-10-12-33-67(64)73-68)58-43-41-50(42-44-58)49-35-37-51(38-36-49)53-40-39-48-17-7-8-18-52(48)45-53;;/h2*1-47H;2*1H4. The molecule has 700 valence electrons. The highest BCUT2D eigenvalue weighted by molar-refractivity contribution is 6.14. The first-order valence-electron chi connectivity index (χ1n) is 50.3. The van der Waals surface area contributed by atoms with E-state index < -0.39 is 10.8 Å². The summed E-state index contributed by atoms with van der Waals surface area (Å²) in [5, 5.41) is 9.49. The largest absolute Gasteiger partial charge is 0.456 e. The Labute approximate surface area is 863 Å². The van der Waals surface area contributed by atoms with Gasteiger partial charge in [-0.15, -0.1) is 0 Å². The highest BCUT2D eigenvalue weighted by Gasteiger charge is 2.49. The molecular weight excluding hydrogens is 1790 g/mol. The van der Waals surface area contributed by atoms with Crippen molar-refractivity contribution < 1.29 is 8.83 Å². The lowest BCUT2D eigenvalue weighted by Gasteiger charge is -2.34. The smallest absolute Gasteiger partial charge is 0.136 e. The maximum absolute atomic E-state index is 6.39. The first kappa shape index (κ1) is 90.3. The van der Waals surface area contributed by atoms with Crippen LogP contribution in [0.2, 0.25) is 0 Å². The molecule has 0 spiro atoms. The predicted molar refractivity (Wildman–Crippen MR) is 623 cm³/mol. The van der Waals surface area contributed by atoms with E-state index >= 15 is 0 Å². The molecule has 0 saturated heterocycles. The van der Waals surface area contributed by atoms with Crippen LogP contribution in [0.15, 0.2) is 579 Å². The Bertz CT molecular complexity index is 9380. The second-order valence-corrected chi connectivity index (χ2v) is 38.3. The van der Waals surface area contributed by atoms with Crippen molar-refractivity contribution in [3.63, 3.8) is 0 Å². The van der Waals surface area contributed by atoms with Gasteiger partial charge in [0.25, 0.3) is 0 Å². The number of nitrogens with zero attached hydrogens (tertiary/aromatic N) is 2. The van der Waals surface area contributed by atoms with E-state index in [1.807, 2.05) is 12.1 Å². The van der Waals surface area contributed by atoms with Gasteiger partial charge in [-0.1, -0.05) is 482 Å². The molecule has 0 aliphatic heterocycles. The zero-order valence-electron chi connectivity index (χ0n) is 80.0. The number of para-hydroxylation sites is 2. The van der Waals surface area contributed by atoms with Crippen LogP contribution in [-0.4, -0.2) is 0 Å². The lowest BCUT2D eigenvalue weighted by Crippen LogP contribution is -2.28. The summed E-state index contributed by atoms with van der Waals surface area (Å²) in [6.45, 7) is 0. The fraction of sp³-hybridized carbons (Fsp3) is 0.0278. The van der Waals surface area contributed by atoms with Gasteiger partial charge in [0, 0.05) is 55.7 Å². The van der Waals surface area contributed by atoms with Gasteiger partial charge in [-0.05, 0) is 280 Å². The molecule has 0 fully saturated rings. The minimum absolute atomic E-state index is 0. The van der Waals surface area contributed by atoms with Crippen molar-refractivity contribution in [1.29, 1.82) is 0 Å². The molecular formula is C144H102N2O2. The van der Waals surface area contributed by atoms with Gasteiger partial charge in [0.05, 0.1) is 10.8 Å². The molecule has 0 radical (unpaired) electrons. The molecule has 2 heterocycles. The van der Waals surface area contributed by atoms with Crippen molar-refractivity contribution in [2.75, 3.05) is 9.80 Å². The van der Waals surface area contributed by atoms with E-state index in [9.17, 15) is 0 Å². The van der Waals surface area contributed by atoms with E-state index in [4.69, 9.17) is 8.83 Å². The van der Waals surface area contributed by atoms with Crippen LogP contribution in [0.25, 0.3) is 177 Å². The summed E-state index contributed by atoms with van der Waals surface area (Å²) < 4.78 is 12.8. The van der Waals surface area contributed by atoms with Crippen LogP contribution >= 0.6 is 0 Å². The average Bonchev–Trinajstić information content (AvgIpc) is 1.53. The average molecular weight is 1890 g/mol. The van der Waals surface area contributed by atoms with Gasteiger partial charge in [-0.25, -0.2) is 0 Å². The molecule has 0 bridgehead atoms. The molecule has 4 nitrogen and oxygen atoms in total. The lowest BCUT2D eigenvalue weighted by molar-refractivity contribution is 0.668. The molecule has 26 aromatic rings. The van der Waals surface area contributed by atoms with E-state index in [1.54, 1.807) is 0 Å². The number of hydrogen-bond donors (Lipinski definition) is 0. The fourth-order valence-corrected chi connectivity index (χ4v) is 23.8. The molecule has 0 N–H and O–H groups in total. The maximum Gasteiger partial charge on any atom is 0.136 e. The van der Waals surface area contributed by atoms with Crippen molar-refractivity contribution >= 4 is 99.5 Å². The van der Waals surface area contributed by atoms with E-state index in [0.717, 1.165) is 123 Å². The predicted octanol–water partition coefficient (Wildman–Crippen LogP) is 39.8. The Morgan fingerprint density at radius 2 is 0.426 bits per heavy atom. The van der Waals surface area contributed by atoms with Crippen molar-refractivity contribution in [3.8, 4) is 111 Å². The third-order valence-corrected chi connectivity index (χ3v) is 30.3. The van der Waals surface area contributed by atoms with Gasteiger partial charge in [0.1, 0.15) is 22.3 Å². The second kappa shape index (κ2) is 38.0. The quantitative estimate of drug-likeness (QED) is 0.0857. The highest BCUT2D eigenvalue weighted by Crippen LogP contribution is 2.61. The normalized spacial score (nSPS) is 12.3. The third kappa shape index (κ3) is 15.4. The van der Waals surface area contributed by atoms with Crippen LogP contribution in [0, 0.1) is 0 Å². The van der Waals surface area contributed by atoms with E-state index in [1.165, 1.54) is 133 Å². The minimum atomic E-state index is -0.490. The van der Waals surface area contributed by atoms with Gasteiger partial charge < -0.3 is 18.6 Å². The molecule has 2 aliphatic rings. The summed E-state index contributed by atoms with van der Waals surface area (Å²) in [4.78, 5) is 4.81. The van der Waals surface area contributed by atoms with Crippen molar-refractivity contribution in [1.82, 2.24) is 0 Å². The molecule has 0 saturated carbocycles. The van der Waals surface area contributed by atoms with Crippen molar-refractivity contribution in [3.05, 3.63) is 615 Å². The zero-order chi connectivity index (χ0) is 96.6. The number of anilines is 6. The van der Waals surface area contributed by atoms with Crippen LogP contribution in [0.1, 0.15) is 59.4 Å². The zero-order valence-corrected chi connectivity index (χ0v) is 80.0. The third-order valence-electron chi connectivity index (χ3n) is 30.3. The SMILES string of the molecule is C.C.c1ccc(C2(c3ccccc3)c3ccccc3-c3c(-c4cccc(N(c5ccc(-c6ccc(-c7ccc8ccccc8c7)cc6)cc5)c5cccc(-c6cccc7oc8ccccc8c67)c5)c4)cccc32)cc1.c1ccc(C2(c3ccccc3)c3ccccc3-c3c(-c4cccc(N(c5ccc(-c6ccc(-c7cccc8ccccc78)cc6)cc5)c5cccc(-c6cccc7oc8ccccc8c67)c5)c4)cccc32)cc1. The van der Waals surface area contributed by atoms with Crippen LogP contribution in [-0.2, 0) is 10.8 Å². The van der Waals surface area contributed by atoms with Crippen molar-refractivity contribution in [2.45, 2.75) is 25.7 Å². The molecule has 2 aromatic heterocycles. The van der Waals surface area contributed by atoms with E-state index in [0.29, 0.717) is 0 Å². The molecule has 0 atom stereocenters. The molecule has 148 heavy (non-hydrogen) atoms. The number of hydrogen-bond acceptors (Lipinski definition) is 4. The van der Waals surface area contributed by atoms with Crippen molar-refractivity contribution in [2.24, 2.45) is 0 Å². The summed E-state index contributed by atoms with van der Waals surface area (Å²) >= 11 is 0. The molecule has 2 aliphatic carbocycles. The summed E-state index contributed by atoms with van der Waals surface area (Å²) in [6, 6.07) is 208. The number of benzene rings is 24. The first-order valence-corrected chi connectivity index (χ1v) is 50.3.